The maximum Gasteiger partial charge on any atom is 0.256 e. The molecule has 2 aliphatic rings. The van der Waals surface area contributed by atoms with Gasteiger partial charge in [-0.15, -0.1) is 11.6 Å². The standard InChI is InChI=1S/C18H16ClN3O/c1-12-16(19)18(22(20-12)13-8-4-3-5-9-13)15-11-7-6-10-14(15)17(23)21(18)2/h3-11,16H,1-2H3/t16-,18+/m1/s1. The predicted molar refractivity (Wildman–Crippen MR) is 91.9 cm³/mol. The summed E-state index contributed by atoms with van der Waals surface area (Å²) in [4.78, 5) is 14.5. The van der Waals surface area contributed by atoms with E-state index in [-0.39, 0.29) is 5.91 Å². The number of para-hydroxylation sites is 1. The zero-order valence-electron chi connectivity index (χ0n) is 12.9. The third kappa shape index (κ3) is 1.67. The molecule has 23 heavy (non-hydrogen) atoms. The first-order valence-electron chi connectivity index (χ1n) is 7.50. The van der Waals surface area contributed by atoms with Crippen molar-refractivity contribution in [2.24, 2.45) is 5.10 Å². The molecule has 2 atom stereocenters. The van der Waals surface area contributed by atoms with Gasteiger partial charge in [0.05, 0.1) is 11.4 Å². The SMILES string of the molecule is CC1=NN(c2ccccc2)[C@@]2(c3ccccc3C(=O)N2C)[C@@H]1Cl. The van der Waals surface area contributed by atoms with Crippen LogP contribution in [0.25, 0.3) is 0 Å². The highest BCUT2D eigenvalue weighted by atomic mass is 35.5. The zero-order valence-corrected chi connectivity index (χ0v) is 13.7. The van der Waals surface area contributed by atoms with Crippen LogP contribution < -0.4 is 5.01 Å². The van der Waals surface area contributed by atoms with Gasteiger partial charge >= 0.3 is 0 Å². The molecule has 1 amide bonds. The minimum absolute atomic E-state index is 0.0305. The summed E-state index contributed by atoms with van der Waals surface area (Å²) in [5.41, 5.74) is 2.47. The summed E-state index contributed by atoms with van der Waals surface area (Å²) in [6.07, 6.45) is 0. The molecule has 1 spiro atoms. The number of hydrogen-bond donors (Lipinski definition) is 0. The molecule has 4 rings (SSSR count). The molecule has 0 unspecified atom stereocenters. The van der Waals surface area contributed by atoms with Crippen LogP contribution >= 0.6 is 11.6 Å². The molecular formula is C18H16ClN3O. The van der Waals surface area contributed by atoms with E-state index in [1.165, 1.54) is 0 Å². The molecule has 0 radical (unpaired) electrons. The Balaban J connectivity index is 2.00. The maximum absolute atomic E-state index is 12.8. The maximum atomic E-state index is 12.8. The van der Waals surface area contributed by atoms with Crippen LogP contribution in [-0.4, -0.2) is 28.9 Å². The summed E-state index contributed by atoms with van der Waals surface area (Å²) < 4.78 is 0. The molecule has 2 aliphatic heterocycles. The van der Waals surface area contributed by atoms with Gasteiger partial charge in [-0.3, -0.25) is 4.79 Å². The second-order valence-electron chi connectivity index (χ2n) is 5.89. The van der Waals surface area contributed by atoms with E-state index in [1.807, 2.05) is 66.5 Å². The van der Waals surface area contributed by atoms with Gasteiger partial charge in [-0.2, -0.15) is 5.10 Å². The third-order valence-electron chi connectivity index (χ3n) is 4.67. The third-order valence-corrected chi connectivity index (χ3v) is 5.29. The fourth-order valence-electron chi connectivity index (χ4n) is 3.58. The van der Waals surface area contributed by atoms with Crippen LogP contribution in [0.3, 0.4) is 0 Å². The number of benzene rings is 2. The zero-order chi connectivity index (χ0) is 16.2. The van der Waals surface area contributed by atoms with Crippen LogP contribution in [0.2, 0.25) is 0 Å². The molecule has 0 fully saturated rings. The summed E-state index contributed by atoms with van der Waals surface area (Å²) >= 11 is 6.79. The number of anilines is 1. The number of hydrogen-bond acceptors (Lipinski definition) is 3. The van der Waals surface area contributed by atoms with Crippen molar-refractivity contribution in [1.29, 1.82) is 0 Å². The number of nitrogens with zero attached hydrogens (tertiary/aromatic N) is 3. The molecule has 4 nitrogen and oxygen atoms in total. The van der Waals surface area contributed by atoms with Crippen molar-refractivity contribution in [3.8, 4) is 0 Å². The molecule has 2 heterocycles. The van der Waals surface area contributed by atoms with Crippen LogP contribution in [0.15, 0.2) is 59.7 Å². The molecule has 0 aliphatic carbocycles. The Labute approximate surface area is 140 Å². The Morgan fingerprint density at radius 3 is 2.48 bits per heavy atom. The summed E-state index contributed by atoms with van der Waals surface area (Å²) in [7, 11) is 1.79. The van der Waals surface area contributed by atoms with Crippen LogP contribution in [0.5, 0.6) is 0 Å². The number of carbonyl (C=O) groups is 1. The number of fused-ring (bicyclic) bond motifs is 2. The van der Waals surface area contributed by atoms with E-state index in [9.17, 15) is 4.79 Å². The van der Waals surface area contributed by atoms with Crippen molar-refractivity contribution in [3.63, 3.8) is 0 Å². The van der Waals surface area contributed by atoms with Gasteiger partial charge in [-0.05, 0) is 25.1 Å². The van der Waals surface area contributed by atoms with Crippen molar-refractivity contribution < 1.29 is 4.79 Å². The molecule has 2 aromatic rings. The lowest BCUT2D eigenvalue weighted by Crippen LogP contribution is -2.56. The van der Waals surface area contributed by atoms with E-state index in [1.54, 1.807) is 11.9 Å². The van der Waals surface area contributed by atoms with Gasteiger partial charge in [0.25, 0.3) is 5.91 Å². The number of hydrazone groups is 1. The second kappa shape index (κ2) is 4.83. The first kappa shape index (κ1) is 14.3. The summed E-state index contributed by atoms with van der Waals surface area (Å²) in [5, 5.41) is 6.15. The van der Waals surface area contributed by atoms with E-state index in [4.69, 9.17) is 11.6 Å². The van der Waals surface area contributed by atoms with Crippen molar-refractivity contribution in [1.82, 2.24) is 4.90 Å². The summed E-state index contributed by atoms with van der Waals surface area (Å²) in [6.45, 7) is 1.90. The molecule has 0 saturated heterocycles. The highest BCUT2D eigenvalue weighted by Gasteiger charge is 2.60. The van der Waals surface area contributed by atoms with Gasteiger partial charge in [-0.1, -0.05) is 36.4 Å². The van der Waals surface area contributed by atoms with Gasteiger partial charge in [0.15, 0.2) is 5.66 Å². The first-order chi connectivity index (χ1) is 11.1. The fourth-order valence-corrected chi connectivity index (χ4v) is 3.98. The van der Waals surface area contributed by atoms with Gasteiger partial charge in [0.2, 0.25) is 0 Å². The minimum Gasteiger partial charge on any atom is -0.311 e. The Hall–Kier alpha value is -2.33. The Bertz CT molecular complexity index is 820. The smallest absolute Gasteiger partial charge is 0.256 e. The number of rotatable bonds is 1. The summed E-state index contributed by atoms with van der Waals surface area (Å²) in [5.74, 6) is -0.0305. The van der Waals surface area contributed by atoms with Crippen molar-refractivity contribution in [3.05, 3.63) is 65.7 Å². The van der Waals surface area contributed by atoms with Gasteiger partial charge in [-0.25, -0.2) is 5.01 Å². The average molecular weight is 326 g/mol. The Morgan fingerprint density at radius 1 is 1.09 bits per heavy atom. The van der Waals surface area contributed by atoms with Crippen LogP contribution in [0.1, 0.15) is 22.8 Å². The van der Waals surface area contributed by atoms with E-state index >= 15 is 0 Å². The number of alkyl halides is 1. The molecular weight excluding hydrogens is 310 g/mol. The van der Waals surface area contributed by atoms with Gasteiger partial charge < -0.3 is 4.90 Å². The highest BCUT2D eigenvalue weighted by molar-refractivity contribution is 6.34. The lowest BCUT2D eigenvalue weighted by molar-refractivity contribution is 0.0654. The van der Waals surface area contributed by atoms with Crippen molar-refractivity contribution in [2.75, 3.05) is 12.1 Å². The second-order valence-corrected chi connectivity index (χ2v) is 6.32. The topological polar surface area (TPSA) is 35.9 Å². The predicted octanol–water partition coefficient (Wildman–Crippen LogP) is 3.43. The van der Waals surface area contributed by atoms with E-state index < -0.39 is 11.0 Å². The number of carbonyl (C=O) groups excluding carboxylic acids is 1. The fraction of sp³-hybridized carbons (Fsp3) is 0.222. The largest absolute Gasteiger partial charge is 0.311 e. The van der Waals surface area contributed by atoms with E-state index in [2.05, 4.69) is 5.10 Å². The molecule has 0 N–H and O–H groups in total. The lowest BCUT2D eigenvalue weighted by atomic mass is 9.93. The van der Waals surface area contributed by atoms with Crippen LogP contribution in [0.4, 0.5) is 5.69 Å². The quantitative estimate of drug-likeness (QED) is 0.753. The number of amides is 1. The lowest BCUT2D eigenvalue weighted by Gasteiger charge is -2.42. The molecule has 0 saturated carbocycles. The molecule has 116 valence electrons. The minimum atomic E-state index is -0.819. The average Bonchev–Trinajstić information content (AvgIpc) is 2.98. The van der Waals surface area contributed by atoms with Crippen molar-refractivity contribution in [2.45, 2.75) is 18.0 Å². The molecule has 0 aromatic heterocycles. The molecule has 0 bridgehead atoms. The van der Waals surface area contributed by atoms with Crippen LogP contribution in [-0.2, 0) is 5.66 Å². The highest BCUT2D eigenvalue weighted by Crippen LogP contribution is 2.50. The van der Waals surface area contributed by atoms with Crippen molar-refractivity contribution >= 4 is 28.9 Å². The monoisotopic (exact) mass is 325 g/mol. The van der Waals surface area contributed by atoms with E-state index in [0.717, 1.165) is 17.0 Å². The Kier molecular flexibility index (Phi) is 3.00. The summed E-state index contributed by atoms with van der Waals surface area (Å²) in [6, 6.07) is 17.5. The van der Waals surface area contributed by atoms with Gasteiger partial charge in [0, 0.05) is 18.2 Å². The van der Waals surface area contributed by atoms with E-state index in [0.29, 0.717) is 5.56 Å². The molecule has 5 heteroatoms. The Morgan fingerprint density at radius 2 is 1.74 bits per heavy atom. The first-order valence-corrected chi connectivity index (χ1v) is 7.94. The number of halogens is 1. The van der Waals surface area contributed by atoms with Crippen LogP contribution in [0, 0.1) is 0 Å². The molecule has 2 aromatic carbocycles. The normalized spacial score (nSPS) is 26.0. The van der Waals surface area contributed by atoms with Gasteiger partial charge in [0.1, 0.15) is 5.38 Å².